The Bertz CT molecular complexity index is 691. The zero-order chi connectivity index (χ0) is 12.4. The van der Waals surface area contributed by atoms with Crippen LogP contribution in [0.15, 0.2) is 34.6 Å². The van der Waals surface area contributed by atoms with Crippen LogP contribution in [0.4, 0.5) is 0 Å². The maximum Gasteiger partial charge on any atom is 0.0435 e. The highest BCUT2D eigenvalue weighted by Gasteiger charge is 2.35. The van der Waals surface area contributed by atoms with Gasteiger partial charge in [-0.2, -0.15) is 10.9 Å². The predicted molar refractivity (Wildman–Crippen MR) is 83.8 cm³/mol. The van der Waals surface area contributed by atoms with E-state index in [-0.39, 0.29) is 10.9 Å². The van der Waals surface area contributed by atoms with Crippen LogP contribution >= 0.6 is 22.2 Å². The van der Waals surface area contributed by atoms with E-state index in [9.17, 15) is 0 Å². The van der Waals surface area contributed by atoms with Crippen molar-refractivity contribution in [1.29, 1.82) is 0 Å². The van der Waals surface area contributed by atoms with E-state index in [1.54, 1.807) is 20.9 Å². The molecule has 92 valence electrons. The predicted octanol–water partition coefficient (Wildman–Crippen LogP) is 5.53. The SMILES string of the molecule is CC1=C[SH]2c3c1sc(C)c3-c1ccccc1C2C. The standard InChI is InChI=1S/C16H16S2/c1-9-8-18-11(3)12-6-4-5-7-13(12)14-10(2)17-15(9)16(14)18/h4-8,11,18H,1-3H3. The van der Waals surface area contributed by atoms with Gasteiger partial charge in [-0.05, 0) is 36.0 Å². The van der Waals surface area contributed by atoms with Crippen LogP contribution in [0.25, 0.3) is 16.7 Å². The summed E-state index contributed by atoms with van der Waals surface area (Å²) in [5.74, 6) is 0. The third kappa shape index (κ3) is 1.18. The molecule has 2 aromatic rings. The van der Waals surface area contributed by atoms with Gasteiger partial charge < -0.3 is 0 Å². The quantitative estimate of drug-likeness (QED) is 0.599. The van der Waals surface area contributed by atoms with Crippen LogP contribution in [-0.4, -0.2) is 0 Å². The second-order valence-electron chi connectivity index (χ2n) is 5.19. The molecule has 2 heteroatoms. The lowest BCUT2D eigenvalue weighted by Crippen LogP contribution is -2.03. The van der Waals surface area contributed by atoms with Crippen molar-refractivity contribution in [2.24, 2.45) is 0 Å². The number of hydrogen-bond acceptors (Lipinski definition) is 1. The average Bonchev–Trinajstić information content (AvgIpc) is 2.86. The number of aryl methyl sites for hydroxylation is 1. The van der Waals surface area contributed by atoms with Gasteiger partial charge in [0, 0.05) is 25.5 Å². The van der Waals surface area contributed by atoms with Gasteiger partial charge in [-0.25, -0.2) is 0 Å². The number of thiol groups is 1. The van der Waals surface area contributed by atoms with Crippen molar-refractivity contribution in [3.05, 3.63) is 45.0 Å². The Kier molecular flexibility index (Phi) is 2.13. The summed E-state index contributed by atoms with van der Waals surface area (Å²) in [4.78, 5) is 4.74. The summed E-state index contributed by atoms with van der Waals surface area (Å²) in [6.45, 7) is 6.97. The molecular formula is C16H16S2. The van der Waals surface area contributed by atoms with E-state index in [1.807, 2.05) is 11.3 Å². The number of benzene rings is 1. The van der Waals surface area contributed by atoms with Crippen LogP contribution in [0.2, 0.25) is 0 Å². The summed E-state index contributed by atoms with van der Waals surface area (Å²) in [6.07, 6.45) is 0. The fourth-order valence-corrected chi connectivity index (χ4v) is 7.66. The van der Waals surface area contributed by atoms with Gasteiger partial charge in [-0.3, -0.25) is 0 Å². The molecule has 0 bridgehead atoms. The maximum absolute atomic E-state index is 2.54. The van der Waals surface area contributed by atoms with E-state index in [0.29, 0.717) is 5.25 Å². The molecule has 0 nitrogen and oxygen atoms in total. The van der Waals surface area contributed by atoms with E-state index in [2.05, 4.69) is 50.4 Å². The zero-order valence-corrected chi connectivity index (χ0v) is 12.5. The summed E-state index contributed by atoms with van der Waals surface area (Å²) in [5, 5.41) is 3.22. The molecule has 2 unspecified atom stereocenters. The monoisotopic (exact) mass is 272 g/mol. The van der Waals surface area contributed by atoms with E-state index < -0.39 is 0 Å². The molecule has 0 amide bonds. The van der Waals surface area contributed by atoms with Crippen molar-refractivity contribution in [2.45, 2.75) is 30.9 Å². The van der Waals surface area contributed by atoms with Crippen molar-refractivity contribution in [2.75, 3.05) is 0 Å². The third-order valence-corrected chi connectivity index (χ3v) is 8.24. The fourth-order valence-electron chi connectivity index (χ4n) is 3.24. The molecule has 0 N–H and O–H groups in total. The number of allylic oxidation sites excluding steroid dienone is 1. The summed E-state index contributed by atoms with van der Waals surface area (Å²) in [6, 6.07) is 8.99. The number of rotatable bonds is 0. The first-order valence-electron chi connectivity index (χ1n) is 6.38. The Labute approximate surface area is 115 Å². The van der Waals surface area contributed by atoms with Crippen molar-refractivity contribution in [1.82, 2.24) is 0 Å². The minimum Gasteiger partial charge on any atom is -0.198 e. The molecule has 18 heavy (non-hydrogen) atoms. The largest absolute Gasteiger partial charge is 0.198 e. The molecule has 0 fully saturated rings. The van der Waals surface area contributed by atoms with Gasteiger partial charge in [0.15, 0.2) is 0 Å². The Balaban J connectivity index is 2.13. The molecule has 2 aliphatic rings. The van der Waals surface area contributed by atoms with Gasteiger partial charge >= 0.3 is 0 Å². The lowest BCUT2D eigenvalue weighted by Gasteiger charge is -2.31. The minimum atomic E-state index is -0.111. The highest BCUT2D eigenvalue weighted by molar-refractivity contribution is 8.20. The normalized spacial score (nSPS) is 25.6. The molecule has 2 atom stereocenters. The molecular weight excluding hydrogens is 256 g/mol. The molecule has 0 spiro atoms. The van der Waals surface area contributed by atoms with Crippen LogP contribution < -0.4 is 0 Å². The Hall–Kier alpha value is -0.990. The topological polar surface area (TPSA) is 0 Å². The van der Waals surface area contributed by atoms with E-state index >= 15 is 0 Å². The van der Waals surface area contributed by atoms with E-state index in [4.69, 9.17) is 0 Å². The Morgan fingerprint density at radius 1 is 1.17 bits per heavy atom. The van der Waals surface area contributed by atoms with Gasteiger partial charge in [0.2, 0.25) is 0 Å². The first-order chi connectivity index (χ1) is 8.68. The van der Waals surface area contributed by atoms with Crippen LogP contribution in [0.3, 0.4) is 0 Å². The Morgan fingerprint density at radius 3 is 2.78 bits per heavy atom. The first kappa shape index (κ1) is 10.9. The lowest BCUT2D eigenvalue weighted by molar-refractivity contribution is 1.08. The summed E-state index contributed by atoms with van der Waals surface area (Å²) in [7, 11) is -0.111. The smallest absolute Gasteiger partial charge is 0.0435 e. The van der Waals surface area contributed by atoms with Gasteiger partial charge in [0.1, 0.15) is 0 Å². The summed E-state index contributed by atoms with van der Waals surface area (Å²) >= 11 is 1.99. The van der Waals surface area contributed by atoms with Crippen molar-refractivity contribution in [3.8, 4) is 11.1 Å². The molecule has 0 saturated carbocycles. The molecule has 0 saturated heterocycles. The highest BCUT2D eigenvalue weighted by Crippen LogP contribution is 2.67. The lowest BCUT2D eigenvalue weighted by atomic mass is 9.97. The molecule has 3 heterocycles. The third-order valence-electron chi connectivity index (χ3n) is 4.11. The average molecular weight is 272 g/mol. The fraction of sp³-hybridized carbons (Fsp3) is 0.250. The van der Waals surface area contributed by atoms with Gasteiger partial charge in [-0.15, -0.1) is 11.3 Å². The second-order valence-corrected chi connectivity index (χ2v) is 8.71. The number of hydrogen-bond donors (Lipinski definition) is 1. The molecule has 0 radical (unpaired) electrons. The van der Waals surface area contributed by atoms with Gasteiger partial charge in [0.25, 0.3) is 0 Å². The second kappa shape index (κ2) is 3.52. The summed E-state index contributed by atoms with van der Waals surface area (Å²) in [5.41, 5.74) is 6.11. The molecule has 2 aliphatic heterocycles. The number of fused-ring (bicyclic) bond motifs is 2. The van der Waals surface area contributed by atoms with Crippen LogP contribution in [-0.2, 0) is 0 Å². The molecule has 1 aromatic carbocycles. The van der Waals surface area contributed by atoms with Gasteiger partial charge in [0.05, 0.1) is 0 Å². The van der Waals surface area contributed by atoms with E-state index in [0.717, 1.165) is 0 Å². The van der Waals surface area contributed by atoms with E-state index in [1.165, 1.54) is 16.0 Å². The molecule has 1 aromatic heterocycles. The summed E-state index contributed by atoms with van der Waals surface area (Å²) < 4.78 is 0. The van der Waals surface area contributed by atoms with Crippen molar-refractivity contribution >= 4 is 27.8 Å². The van der Waals surface area contributed by atoms with Crippen molar-refractivity contribution < 1.29 is 0 Å². The number of thiophene rings is 1. The van der Waals surface area contributed by atoms with Crippen LogP contribution in [0.1, 0.15) is 34.4 Å². The maximum atomic E-state index is 2.54. The zero-order valence-electron chi connectivity index (χ0n) is 10.8. The minimum absolute atomic E-state index is 0.111. The Morgan fingerprint density at radius 2 is 1.94 bits per heavy atom. The van der Waals surface area contributed by atoms with Crippen LogP contribution in [0, 0.1) is 6.92 Å². The molecule has 0 aliphatic carbocycles. The van der Waals surface area contributed by atoms with Crippen LogP contribution in [0.5, 0.6) is 0 Å². The first-order valence-corrected chi connectivity index (χ1v) is 8.68. The molecule has 4 rings (SSSR count). The van der Waals surface area contributed by atoms with Crippen molar-refractivity contribution in [3.63, 3.8) is 0 Å². The van der Waals surface area contributed by atoms with Gasteiger partial charge in [-0.1, -0.05) is 31.2 Å². The highest BCUT2D eigenvalue weighted by atomic mass is 32.2.